The van der Waals surface area contributed by atoms with Crippen molar-refractivity contribution in [3.8, 4) is 5.75 Å². The summed E-state index contributed by atoms with van der Waals surface area (Å²) >= 11 is 0. The first-order valence-corrected chi connectivity index (χ1v) is 13.7. The topological polar surface area (TPSA) is 111 Å². The van der Waals surface area contributed by atoms with Crippen LogP contribution in [0.2, 0.25) is 0 Å². The molecule has 0 fully saturated rings. The van der Waals surface area contributed by atoms with Crippen LogP contribution in [0.5, 0.6) is 5.75 Å². The quantitative estimate of drug-likeness (QED) is 0.135. The number of hydrogen-bond acceptors (Lipinski definition) is 5. The number of carbonyl (C=O) groups excluding carboxylic acids is 2. The van der Waals surface area contributed by atoms with Crippen LogP contribution in [0, 0.1) is 0 Å². The molecule has 0 atom stereocenters. The second kappa shape index (κ2) is 12.9. The molecular weight excluding hydrogens is 516 g/mol. The zero-order valence-electron chi connectivity index (χ0n) is 23.2. The zero-order chi connectivity index (χ0) is 28.6. The summed E-state index contributed by atoms with van der Waals surface area (Å²) < 4.78 is 5.87. The first kappa shape index (κ1) is 27.5. The number of nitrogens with one attached hydrogen (secondary N) is 5. The molecule has 0 radical (unpaired) electrons. The molecule has 0 saturated carbocycles. The summed E-state index contributed by atoms with van der Waals surface area (Å²) in [5.41, 5.74) is 5.94. The highest BCUT2D eigenvalue weighted by molar-refractivity contribution is 6.35. The maximum atomic E-state index is 12.7. The van der Waals surface area contributed by atoms with Crippen molar-refractivity contribution < 1.29 is 14.3 Å². The van der Waals surface area contributed by atoms with Crippen LogP contribution in [0.3, 0.4) is 0 Å². The average molecular weight is 551 g/mol. The molecule has 4 aromatic rings. The first-order chi connectivity index (χ1) is 20.0. The Labute approximate surface area is 239 Å². The number of aromatic nitrogens is 1. The molecule has 5 rings (SSSR count). The molecule has 210 valence electrons. The van der Waals surface area contributed by atoms with E-state index < -0.39 is 0 Å². The van der Waals surface area contributed by atoms with Crippen LogP contribution in [0.15, 0.2) is 85.1 Å². The van der Waals surface area contributed by atoms with Crippen LogP contribution in [0.4, 0.5) is 33.2 Å². The smallest absolute Gasteiger partial charge is 0.323 e. The van der Waals surface area contributed by atoms with E-state index in [-0.39, 0.29) is 11.9 Å². The molecule has 2 heterocycles. The first-order valence-electron chi connectivity index (χ1n) is 13.7. The molecule has 1 aromatic heterocycles. The van der Waals surface area contributed by atoms with E-state index in [9.17, 15) is 9.59 Å². The van der Waals surface area contributed by atoms with Crippen LogP contribution < -0.4 is 26.0 Å². The van der Waals surface area contributed by atoms with E-state index in [4.69, 9.17) is 4.74 Å². The highest BCUT2D eigenvalue weighted by atomic mass is 16.5. The molecule has 41 heavy (non-hydrogen) atoms. The van der Waals surface area contributed by atoms with Crippen LogP contribution in [-0.4, -0.2) is 48.1 Å². The van der Waals surface area contributed by atoms with Gasteiger partial charge in [0.2, 0.25) is 0 Å². The van der Waals surface area contributed by atoms with Gasteiger partial charge in [-0.3, -0.25) is 4.79 Å². The number of benzene rings is 3. The number of nitrogens with zero attached hydrogens (tertiary/aromatic N) is 1. The lowest BCUT2D eigenvalue weighted by Gasteiger charge is -2.18. The summed E-state index contributed by atoms with van der Waals surface area (Å²) in [5, 5.41) is 12.0. The number of amides is 3. The van der Waals surface area contributed by atoms with Gasteiger partial charge >= 0.3 is 6.03 Å². The number of hydrogen-bond donors (Lipinski definition) is 5. The Bertz CT molecular complexity index is 1540. The minimum atomic E-state index is -0.357. The number of urea groups is 1. The Morgan fingerprint density at radius 2 is 1.61 bits per heavy atom. The van der Waals surface area contributed by atoms with E-state index in [0.29, 0.717) is 29.3 Å². The van der Waals surface area contributed by atoms with Gasteiger partial charge in [0.05, 0.1) is 11.3 Å². The molecule has 1 aliphatic heterocycles. The predicted octanol–water partition coefficient (Wildman–Crippen LogP) is 6.62. The summed E-state index contributed by atoms with van der Waals surface area (Å²) in [6.45, 7) is 7.66. The Hall–Kier alpha value is -5.02. The summed E-state index contributed by atoms with van der Waals surface area (Å²) in [6.07, 6.45) is 3.66. The lowest BCUT2D eigenvalue weighted by molar-refractivity contribution is -0.110. The summed E-state index contributed by atoms with van der Waals surface area (Å²) in [5.74, 6) is 0.569. The third-order valence-electron chi connectivity index (χ3n) is 6.80. The molecule has 9 nitrogen and oxygen atoms in total. The van der Waals surface area contributed by atoms with Gasteiger partial charge in [0.15, 0.2) is 0 Å². The fourth-order valence-electron chi connectivity index (χ4n) is 4.64. The van der Waals surface area contributed by atoms with Crippen molar-refractivity contribution in [1.82, 2.24) is 9.88 Å². The van der Waals surface area contributed by atoms with Crippen LogP contribution in [0.1, 0.15) is 25.1 Å². The summed E-state index contributed by atoms with van der Waals surface area (Å²) in [4.78, 5) is 30.6. The van der Waals surface area contributed by atoms with Gasteiger partial charge in [0, 0.05) is 52.8 Å². The van der Waals surface area contributed by atoms with Gasteiger partial charge < -0.3 is 35.9 Å². The number of aromatic amines is 1. The second-order valence-electron chi connectivity index (χ2n) is 9.59. The minimum absolute atomic E-state index is 0.138. The third kappa shape index (κ3) is 7.14. The summed E-state index contributed by atoms with van der Waals surface area (Å²) in [7, 11) is 0. The van der Waals surface area contributed by atoms with E-state index in [1.54, 1.807) is 0 Å². The van der Waals surface area contributed by atoms with Crippen LogP contribution in [-0.2, 0) is 4.79 Å². The average Bonchev–Trinajstić information content (AvgIpc) is 3.59. The van der Waals surface area contributed by atoms with Crippen molar-refractivity contribution in [2.75, 3.05) is 47.5 Å². The normalized spacial score (nSPS) is 13.1. The molecule has 0 bridgehead atoms. The van der Waals surface area contributed by atoms with Crippen molar-refractivity contribution in [3.05, 3.63) is 96.3 Å². The van der Waals surface area contributed by atoms with Gasteiger partial charge in [-0.1, -0.05) is 32.0 Å². The maximum Gasteiger partial charge on any atom is 0.323 e. The number of ether oxygens (including phenoxy) is 1. The molecule has 0 unspecified atom stereocenters. The Kier molecular flexibility index (Phi) is 8.66. The molecule has 3 amide bonds. The summed E-state index contributed by atoms with van der Waals surface area (Å²) in [6, 6.07) is 24.0. The number of H-pyrrole nitrogens is 1. The van der Waals surface area contributed by atoms with Crippen molar-refractivity contribution >= 4 is 52.0 Å². The highest BCUT2D eigenvalue weighted by Gasteiger charge is 2.24. The number of fused-ring (bicyclic) bond motifs is 1. The van der Waals surface area contributed by atoms with Crippen LogP contribution >= 0.6 is 0 Å². The molecule has 5 N–H and O–H groups in total. The number of likely N-dealkylation sites (N-methyl/N-ethyl adjacent to an activating group) is 1. The van der Waals surface area contributed by atoms with E-state index in [0.717, 1.165) is 48.0 Å². The standard InChI is InChI=1S/C32H34N6O3/c1-3-38(4-2)16-17-41-27-12-6-10-25(19-27)36-32(40)35-24-9-5-8-23(18-24)34-26-13-14-28-29(20-22-11-7-15-33-22)31(39)37-30(28)21-26/h5-15,18-21,33-34H,3-4,16-17H2,1-2H3,(H,37,39)(H2,35,36,40)/b29-20-. The van der Waals surface area contributed by atoms with Gasteiger partial charge in [-0.25, -0.2) is 4.79 Å². The Balaban J connectivity index is 1.18. The molecule has 9 heteroatoms. The highest BCUT2D eigenvalue weighted by Crippen LogP contribution is 2.35. The van der Waals surface area contributed by atoms with Crippen molar-refractivity contribution in [3.63, 3.8) is 0 Å². The molecular formula is C32H34N6O3. The van der Waals surface area contributed by atoms with E-state index in [1.807, 2.05) is 91.1 Å². The Morgan fingerprint density at radius 3 is 2.37 bits per heavy atom. The fraction of sp³-hybridized carbons (Fsp3) is 0.188. The van der Waals surface area contributed by atoms with Gasteiger partial charge in [-0.2, -0.15) is 0 Å². The van der Waals surface area contributed by atoms with Gasteiger partial charge in [0.25, 0.3) is 5.91 Å². The fourth-order valence-corrected chi connectivity index (χ4v) is 4.64. The second-order valence-corrected chi connectivity index (χ2v) is 9.59. The van der Waals surface area contributed by atoms with Gasteiger partial charge in [-0.15, -0.1) is 0 Å². The monoisotopic (exact) mass is 550 g/mol. The molecule has 1 aliphatic rings. The van der Waals surface area contributed by atoms with Gasteiger partial charge in [0.1, 0.15) is 12.4 Å². The SMILES string of the molecule is CCN(CC)CCOc1cccc(NC(=O)Nc2cccc(Nc3ccc4c(c3)NC(=O)/C4=C\c3ccc[nH]3)c2)c1. The van der Waals surface area contributed by atoms with E-state index in [2.05, 4.69) is 45.0 Å². The van der Waals surface area contributed by atoms with E-state index >= 15 is 0 Å². The lowest BCUT2D eigenvalue weighted by Crippen LogP contribution is -2.27. The van der Waals surface area contributed by atoms with Gasteiger partial charge in [-0.05, 0) is 73.8 Å². The maximum absolute atomic E-state index is 12.7. The van der Waals surface area contributed by atoms with Crippen LogP contribution in [0.25, 0.3) is 11.6 Å². The third-order valence-corrected chi connectivity index (χ3v) is 6.80. The van der Waals surface area contributed by atoms with Crippen molar-refractivity contribution in [2.24, 2.45) is 0 Å². The molecule has 0 spiro atoms. The predicted molar refractivity (Wildman–Crippen MR) is 166 cm³/mol. The van der Waals surface area contributed by atoms with Crippen molar-refractivity contribution in [1.29, 1.82) is 0 Å². The zero-order valence-corrected chi connectivity index (χ0v) is 23.2. The largest absolute Gasteiger partial charge is 0.492 e. The number of anilines is 5. The molecule has 3 aromatic carbocycles. The molecule has 0 saturated heterocycles. The number of carbonyl (C=O) groups is 2. The number of rotatable bonds is 11. The molecule has 0 aliphatic carbocycles. The minimum Gasteiger partial charge on any atom is -0.492 e. The lowest BCUT2D eigenvalue weighted by atomic mass is 10.1. The Morgan fingerprint density at radius 1 is 0.878 bits per heavy atom. The van der Waals surface area contributed by atoms with E-state index in [1.165, 1.54) is 0 Å². The van der Waals surface area contributed by atoms with Crippen molar-refractivity contribution in [2.45, 2.75) is 13.8 Å².